The summed E-state index contributed by atoms with van der Waals surface area (Å²) in [4.78, 5) is 20.7. The molecular weight excluding hydrogens is 356 g/mol. The lowest BCUT2D eigenvalue weighted by Gasteiger charge is -2.05. The van der Waals surface area contributed by atoms with Gasteiger partial charge in [-0.1, -0.05) is 42.5 Å². The Kier molecular flexibility index (Phi) is 6.18. The van der Waals surface area contributed by atoms with Gasteiger partial charge in [-0.3, -0.25) is 20.0 Å². The Hall–Kier alpha value is -3.07. The van der Waals surface area contributed by atoms with Crippen molar-refractivity contribution in [1.29, 1.82) is 0 Å². The summed E-state index contributed by atoms with van der Waals surface area (Å²) in [5, 5.41) is 0.996. The van der Waals surface area contributed by atoms with Gasteiger partial charge >= 0.3 is 0 Å². The Bertz CT molecular complexity index is 1050. The van der Waals surface area contributed by atoms with E-state index in [1.54, 1.807) is 48.5 Å². The van der Waals surface area contributed by atoms with Crippen molar-refractivity contribution >= 4 is 39.2 Å². The fourth-order valence-electron chi connectivity index (χ4n) is 2.37. The molecule has 0 saturated carbocycles. The number of benzene rings is 3. The van der Waals surface area contributed by atoms with E-state index in [1.807, 2.05) is 6.07 Å². The largest absolute Gasteiger partial charge is 0.323 e. The van der Waals surface area contributed by atoms with Crippen molar-refractivity contribution in [2.24, 2.45) is 5.84 Å². The topological polar surface area (TPSA) is 127 Å². The summed E-state index contributed by atoms with van der Waals surface area (Å²) in [5.41, 5.74) is 3.60. The molecule has 0 atom stereocenters. The summed E-state index contributed by atoms with van der Waals surface area (Å²) in [6, 6.07) is 16.7. The average molecular weight is 372 g/mol. The lowest BCUT2D eigenvalue weighted by atomic mass is 10.1. The quantitative estimate of drug-likeness (QED) is 0.278. The highest BCUT2D eigenvalue weighted by Crippen LogP contribution is 2.25. The Labute approximate surface area is 150 Å². The molecule has 0 unspecified atom stereocenters. The second-order valence-corrected chi connectivity index (χ2v) is 6.51. The first kappa shape index (κ1) is 19.3. The molecule has 0 saturated heterocycles. The van der Waals surface area contributed by atoms with Crippen molar-refractivity contribution in [3.63, 3.8) is 0 Å². The molecule has 0 aliphatic carbocycles. The van der Waals surface area contributed by atoms with Crippen molar-refractivity contribution < 1.29 is 22.6 Å². The van der Waals surface area contributed by atoms with Gasteiger partial charge in [-0.25, -0.2) is 0 Å². The molecule has 3 rings (SSSR count). The van der Waals surface area contributed by atoms with E-state index >= 15 is 0 Å². The highest BCUT2D eigenvalue weighted by atomic mass is 32.2. The van der Waals surface area contributed by atoms with Crippen molar-refractivity contribution in [1.82, 2.24) is 0 Å². The van der Waals surface area contributed by atoms with Gasteiger partial charge in [0.25, 0.3) is 10.1 Å². The summed E-state index contributed by atoms with van der Waals surface area (Å²) in [6.07, 6.45) is 1.17. The third-order valence-corrected chi connectivity index (χ3v) is 4.51. The normalized spacial score (nSPS) is 10.5. The molecule has 7 nitrogen and oxygen atoms in total. The maximum Gasteiger partial charge on any atom is 0.295 e. The van der Waals surface area contributed by atoms with Crippen LogP contribution in [0.2, 0.25) is 0 Å². The van der Waals surface area contributed by atoms with E-state index in [4.69, 9.17) is 10.4 Å². The SMILES string of the molecule is NNc1ccccc1C=O.O=Cc1ccc2ccccc2c1S(=O)(=O)O. The zero-order valence-corrected chi connectivity index (χ0v) is 14.3. The number of nitrogen functional groups attached to an aromatic ring is 1. The molecule has 0 aromatic heterocycles. The van der Waals surface area contributed by atoms with Crippen LogP contribution in [-0.2, 0) is 10.1 Å². The van der Waals surface area contributed by atoms with Crippen molar-refractivity contribution in [3.05, 3.63) is 71.8 Å². The maximum absolute atomic E-state index is 11.2. The molecule has 0 bridgehead atoms. The van der Waals surface area contributed by atoms with Crippen LogP contribution in [0.1, 0.15) is 20.7 Å². The molecular formula is C18H16N2O5S. The number of nitrogens with one attached hydrogen (secondary N) is 1. The maximum atomic E-state index is 11.2. The van der Waals surface area contributed by atoms with E-state index in [0.717, 1.165) is 6.29 Å². The lowest BCUT2D eigenvalue weighted by molar-refractivity contribution is 0.111. The fraction of sp³-hybridized carbons (Fsp3) is 0. The van der Waals surface area contributed by atoms with E-state index < -0.39 is 10.1 Å². The standard InChI is InChI=1S/C11H8O4S.C7H8N2O/c12-7-9-6-5-8-3-1-2-4-10(8)11(9)16(13,14)15;8-9-7-4-2-1-3-6(7)5-10/h1-7H,(H,13,14,15);1-5,9H,8H2. The van der Waals surface area contributed by atoms with Gasteiger partial charge in [0, 0.05) is 16.5 Å². The summed E-state index contributed by atoms with van der Waals surface area (Å²) < 4.78 is 31.6. The van der Waals surface area contributed by atoms with Crippen LogP contribution in [0.4, 0.5) is 5.69 Å². The third kappa shape index (κ3) is 4.31. The molecule has 0 aliphatic rings. The van der Waals surface area contributed by atoms with E-state index in [9.17, 15) is 18.0 Å². The molecule has 0 fully saturated rings. The molecule has 3 aromatic carbocycles. The minimum absolute atomic E-state index is 0.0406. The molecule has 0 amide bonds. The van der Waals surface area contributed by atoms with E-state index in [2.05, 4.69) is 5.43 Å². The van der Waals surface area contributed by atoms with Gasteiger partial charge in [0.2, 0.25) is 0 Å². The molecule has 26 heavy (non-hydrogen) atoms. The number of hydrogen-bond donors (Lipinski definition) is 3. The highest BCUT2D eigenvalue weighted by Gasteiger charge is 2.18. The lowest BCUT2D eigenvalue weighted by Crippen LogP contribution is -2.08. The van der Waals surface area contributed by atoms with Crippen LogP contribution in [0.15, 0.2) is 65.6 Å². The fourth-order valence-corrected chi connectivity index (χ4v) is 3.25. The number of hydrazine groups is 1. The summed E-state index contributed by atoms with van der Waals surface area (Å²) >= 11 is 0. The zero-order valence-electron chi connectivity index (χ0n) is 13.5. The highest BCUT2D eigenvalue weighted by molar-refractivity contribution is 7.86. The molecule has 0 aliphatic heterocycles. The van der Waals surface area contributed by atoms with Crippen LogP contribution in [0.25, 0.3) is 10.8 Å². The smallest absolute Gasteiger partial charge is 0.295 e. The first-order valence-corrected chi connectivity index (χ1v) is 8.81. The van der Waals surface area contributed by atoms with Crippen LogP contribution >= 0.6 is 0 Å². The summed E-state index contributed by atoms with van der Waals surface area (Å²) in [5.74, 6) is 5.12. The Morgan fingerprint density at radius 3 is 2.04 bits per heavy atom. The minimum atomic E-state index is -4.40. The number of carbonyl (C=O) groups is 2. The molecule has 4 N–H and O–H groups in total. The molecule has 8 heteroatoms. The number of anilines is 1. The van der Waals surface area contributed by atoms with E-state index in [-0.39, 0.29) is 10.5 Å². The van der Waals surface area contributed by atoms with Crippen LogP contribution in [0, 0.1) is 0 Å². The second kappa shape index (κ2) is 8.34. The molecule has 0 radical (unpaired) electrons. The van der Waals surface area contributed by atoms with Crippen LogP contribution < -0.4 is 11.3 Å². The van der Waals surface area contributed by atoms with Crippen LogP contribution in [-0.4, -0.2) is 25.5 Å². The first-order chi connectivity index (χ1) is 12.4. The third-order valence-electron chi connectivity index (χ3n) is 3.54. The van der Waals surface area contributed by atoms with Gasteiger partial charge in [-0.2, -0.15) is 8.42 Å². The monoisotopic (exact) mass is 372 g/mol. The first-order valence-electron chi connectivity index (χ1n) is 7.37. The minimum Gasteiger partial charge on any atom is -0.323 e. The van der Waals surface area contributed by atoms with Gasteiger partial charge in [-0.05, 0) is 23.6 Å². The average Bonchev–Trinajstić information content (AvgIpc) is 2.66. The van der Waals surface area contributed by atoms with Crippen LogP contribution in [0.5, 0.6) is 0 Å². The Balaban J connectivity index is 0.000000209. The van der Waals surface area contributed by atoms with Gasteiger partial charge < -0.3 is 5.43 Å². The van der Waals surface area contributed by atoms with Gasteiger partial charge in [0.05, 0.1) is 5.69 Å². The molecule has 3 aromatic rings. The summed E-state index contributed by atoms with van der Waals surface area (Å²) in [6.45, 7) is 0. The number of rotatable bonds is 4. The van der Waals surface area contributed by atoms with Gasteiger partial charge in [-0.15, -0.1) is 0 Å². The van der Waals surface area contributed by atoms with Crippen molar-refractivity contribution in [2.75, 3.05) is 5.43 Å². The summed E-state index contributed by atoms with van der Waals surface area (Å²) in [7, 11) is -4.40. The van der Waals surface area contributed by atoms with E-state index in [0.29, 0.717) is 28.3 Å². The number of aldehydes is 2. The van der Waals surface area contributed by atoms with E-state index in [1.165, 1.54) is 6.07 Å². The molecule has 134 valence electrons. The van der Waals surface area contributed by atoms with Crippen molar-refractivity contribution in [2.45, 2.75) is 4.90 Å². The number of para-hydroxylation sites is 1. The second-order valence-electron chi connectivity index (χ2n) is 5.15. The number of hydrogen-bond acceptors (Lipinski definition) is 6. The Morgan fingerprint density at radius 2 is 1.46 bits per heavy atom. The van der Waals surface area contributed by atoms with Gasteiger partial charge in [0.15, 0.2) is 12.6 Å². The predicted octanol–water partition coefficient (Wildman–Crippen LogP) is 2.68. The number of carbonyl (C=O) groups excluding carboxylic acids is 2. The predicted molar refractivity (Wildman–Crippen MR) is 98.8 cm³/mol. The van der Waals surface area contributed by atoms with Gasteiger partial charge in [0.1, 0.15) is 4.90 Å². The number of fused-ring (bicyclic) bond motifs is 1. The molecule has 0 heterocycles. The van der Waals surface area contributed by atoms with Crippen LogP contribution in [0.3, 0.4) is 0 Å². The Morgan fingerprint density at radius 1 is 0.846 bits per heavy atom. The molecule has 0 spiro atoms. The zero-order chi connectivity index (χ0) is 19.2. The van der Waals surface area contributed by atoms with Crippen molar-refractivity contribution in [3.8, 4) is 0 Å². The number of nitrogens with two attached hydrogens (primary N) is 1.